The summed E-state index contributed by atoms with van der Waals surface area (Å²) in [6, 6.07) is 12.2. The molecule has 0 spiro atoms. The number of rotatable bonds is 5. The van der Waals surface area contributed by atoms with Crippen LogP contribution in [0.15, 0.2) is 42.5 Å². The highest BCUT2D eigenvalue weighted by molar-refractivity contribution is 5.95. The summed E-state index contributed by atoms with van der Waals surface area (Å²) >= 11 is 0. The van der Waals surface area contributed by atoms with Gasteiger partial charge >= 0.3 is 5.97 Å². The first-order valence-electron chi connectivity index (χ1n) is 6.37. The van der Waals surface area contributed by atoms with Gasteiger partial charge in [-0.3, -0.25) is 0 Å². The predicted molar refractivity (Wildman–Crippen MR) is 79.5 cm³/mol. The topological polar surface area (TPSA) is 70.8 Å². The van der Waals surface area contributed by atoms with Crippen LogP contribution in [0.3, 0.4) is 0 Å². The van der Waals surface area contributed by atoms with Crippen LogP contribution in [0.25, 0.3) is 0 Å². The fourth-order valence-corrected chi connectivity index (χ4v) is 1.79. The van der Waals surface area contributed by atoms with Crippen LogP contribution in [0.2, 0.25) is 0 Å². The quantitative estimate of drug-likeness (QED) is 0.676. The number of hydrogen-bond donors (Lipinski definition) is 1. The lowest BCUT2D eigenvalue weighted by Gasteiger charge is -2.09. The van der Waals surface area contributed by atoms with Crippen LogP contribution in [0.4, 0.5) is 5.69 Å². The number of methoxy groups -OCH3 is 2. The Bertz CT molecular complexity index is 623. The Hall–Kier alpha value is -2.69. The summed E-state index contributed by atoms with van der Waals surface area (Å²) in [4.78, 5) is 12.0. The summed E-state index contributed by atoms with van der Waals surface area (Å²) in [7, 11) is 3.12. The summed E-state index contributed by atoms with van der Waals surface area (Å²) in [5.41, 5.74) is 7.30. The molecule has 0 aromatic heterocycles. The molecule has 2 aromatic carbocycles. The molecule has 0 saturated heterocycles. The van der Waals surface area contributed by atoms with Gasteiger partial charge in [0.1, 0.15) is 18.1 Å². The van der Waals surface area contributed by atoms with E-state index in [1.807, 2.05) is 24.3 Å². The van der Waals surface area contributed by atoms with E-state index in [-0.39, 0.29) is 6.61 Å². The molecular formula is C16H17NO4. The van der Waals surface area contributed by atoms with Crippen molar-refractivity contribution < 1.29 is 19.0 Å². The normalized spacial score (nSPS) is 10.0. The number of carbonyl (C=O) groups excluding carboxylic acids is 1. The summed E-state index contributed by atoms with van der Waals surface area (Å²) in [6.07, 6.45) is 0. The van der Waals surface area contributed by atoms with Crippen molar-refractivity contribution in [3.63, 3.8) is 0 Å². The van der Waals surface area contributed by atoms with E-state index in [1.54, 1.807) is 25.3 Å². The van der Waals surface area contributed by atoms with E-state index in [0.717, 1.165) is 11.3 Å². The minimum Gasteiger partial charge on any atom is -0.497 e. The Morgan fingerprint density at radius 3 is 2.24 bits per heavy atom. The predicted octanol–water partition coefficient (Wildman–Crippen LogP) is 2.64. The second-order valence-electron chi connectivity index (χ2n) is 4.38. The molecule has 0 aliphatic rings. The highest BCUT2D eigenvalue weighted by atomic mass is 16.5. The van der Waals surface area contributed by atoms with Gasteiger partial charge in [-0.2, -0.15) is 0 Å². The highest BCUT2D eigenvalue weighted by Crippen LogP contribution is 2.21. The molecule has 0 atom stereocenters. The van der Waals surface area contributed by atoms with Crippen LogP contribution in [0.5, 0.6) is 11.5 Å². The third-order valence-corrected chi connectivity index (χ3v) is 3.01. The lowest BCUT2D eigenvalue weighted by atomic mass is 10.1. The molecule has 0 amide bonds. The number of anilines is 1. The van der Waals surface area contributed by atoms with Crippen molar-refractivity contribution in [2.45, 2.75) is 6.61 Å². The number of hydrogen-bond acceptors (Lipinski definition) is 5. The minimum atomic E-state index is -0.484. The van der Waals surface area contributed by atoms with Gasteiger partial charge in [-0.25, -0.2) is 4.79 Å². The van der Waals surface area contributed by atoms with Gasteiger partial charge in [0.2, 0.25) is 0 Å². The third kappa shape index (κ3) is 3.66. The molecule has 110 valence electrons. The van der Waals surface area contributed by atoms with Gasteiger partial charge in [-0.05, 0) is 35.9 Å². The molecule has 2 aromatic rings. The molecule has 0 aliphatic heterocycles. The molecular weight excluding hydrogens is 270 g/mol. The Morgan fingerprint density at radius 2 is 1.62 bits per heavy atom. The largest absolute Gasteiger partial charge is 0.497 e. The van der Waals surface area contributed by atoms with Crippen molar-refractivity contribution in [3.05, 3.63) is 53.6 Å². The van der Waals surface area contributed by atoms with Gasteiger partial charge in [0.05, 0.1) is 19.8 Å². The molecule has 21 heavy (non-hydrogen) atoms. The molecule has 0 bridgehead atoms. The molecule has 0 fully saturated rings. The van der Waals surface area contributed by atoms with Crippen LogP contribution < -0.4 is 15.2 Å². The molecule has 0 radical (unpaired) electrons. The molecule has 0 heterocycles. The number of esters is 1. The smallest absolute Gasteiger partial charge is 0.340 e. The first-order chi connectivity index (χ1) is 10.1. The Balaban J connectivity index is 2.04. The lowest BCUT2D eigenvalue weighted by molar-refractivity contribution is 0.0473. The van der Waals surface area contributed by atoms with Crippen molar-refractivity contribution >= 4 is 11.7 Å². The third-order valence-electron chi connectivity index (χ3n) is 3.01. The zero-order valence-electron chi connectivity index (χ0n) is 12.0. The highest BCUT2D eigenvalue weighted by Gasteiger charge is 2.12. The minimum absolute atomic E-state index is 0.166. The number of carbonyl (C=O) groups is 1. The van der Waals surface area contributed by atoms with Crippen molar-refractivity contribution in [2.75, 3.05) is 20.0 Å². The van der Waals surface area contributed by atoms with Gasteiger partial charge in [-0.1, -0.05) is 12.1 Å². The number of ether oxygens (including phenoxy) is 3. The van der Waals surface area contributed by atoms with Crippen LogP contribution in [-0.2, 0) is 11.3 Å². The first kappa shape index (κ1) is 14.7. The second kappa shape index (κ2) is 6.65. The maximum absolute atomic E-state index is 12.0. The van der Waals surface area contributed by atoms with Gasteiger partial charge in [-0.15, -0.1) is 0 Å². The fraction of sp³-hybridized carbons (Fsp3) is 0.188. The SMILES string of the molecule is COc1ccc(COC(=O)c2cc(OC)ccc2N)cc1. The van der Waals surface area contributed by atoms with Crippen LogP contribution in [0, 0.1) is 0 Å². The summed E-state index contributed by atoms with van der Waals surface area (Å²) in [5.74, 6) is 0.824. The number of benzene rings is 2. The molecule has 5 nitrogen and oxygen atoms in total. The molecule has 0 unspecified atom stereocenters. The Morgan fingerprint density at radius 1 is 1.00 bits per heavy atom. The molecule has 5 heteroatoms. The maximum atomic E-state index is 12.0. The van der Waals surface area contributed by atoms with Crippen LogP contribution in [0.1, 0.15) is 15.9 Å². The second-order valence-corrected chi connectivity index (χ2v) is 4.38. The van der Waals surface area contributed by atoms with Crippen molar-refractivity contribution in [3.8, 4) is 11.5 Å². The van der Waals surface area contributed by atoms with Crippen molar-refractivity contribution in [2.24, 2.45) is 0 Å². The van der Waals surface area contributed by atoms with E-state index in [4.69, 9.17) is 19.9 Å². The Labute approximate surface area is 123 Å². The monoisotopic (exact) mass is 287 g/mol. The fourth-order valence-electron chi connectivity index (χ4n) is 1.79. The summed E-state index contributed by atoms with van der Waals surface area (Å²) in [5, 5.41) is 0. The van der Waals surface area contributed by atoms with Gasteiger partial charge in [0.25, 0.3) is 0 Å². The van der Waals surface area contributed by atoms with Crippen LogP contribution >= 0.6 is 0 Å². The van der Waals surface area contributed by atoms with Crippen LogP contribution in [-0.4, -0.2) is 20.2 Å². The number of nitrogens with two attached hydrogens (primary N) is 1. The van der Waals surface area contributed by atoms with Gasteiger partial charge in [0, 0.05) is 5.69 Å². The average molecular weight is 287 g/mol. The van der Waals surface area contributed by atoms with Gasteiger partial charge < -0.3 is 19.9 Å². The maximum Gasteiger partial charge on any atom is 0.340 e. The van der Waals surface area contributed by atoms with E-state index in [0.29, 0.717) is 17.0 Å². The van der Waals surface area contributed by atoms with Gasteiger partial charge in [0.15, 0.2) is 0 Å². The van der Waals surface area contributed by atoms with E-state index in [2.05, 4.69) is 0 Å². The van der Waals surface area contributed by atoms with E-state index in [1.165, 1.54) is 7.11 Å². The Kier molecular flexibility index (Phi) is 4.66. The van der Waals surface area contributed by atoms with E-state index in [9.17, 15) is 4.79 Å². The molecule has 2 rings (SSSR count). The van der Waals surface area contributed by atoms with Crippen molar-refractivity contribution in [1.29, 1.82) is 0 Å². The lowest BCUT2D eigenvalue weighted by Crippen LogP contribution is -2.08. The summed E-state index contributed by atoms with van der Waals surface area (Å²) < 4.78 is 15.4. The zero-order valence-corrected chi connectivity index (χ0v) is 12.0. The average Bonchev–Trinajstić information content (AvgIpc) is 2.53. The number of nitrogen functional groups attached to an aromatic ring is 1. The molecule has 0 aliphatic carbocycles. The molecule has 2 N–H and O–H groups in total. The summed E-state index contributed by atoms with van der Waals surface area (Å²) in [6.45, 7) is 0.166. The molecule has 0 saturated carbocycles. The van der Waals surface area contributed by atoms with E-state index < -0.39 is 5.97 Å². The van der Waals surface area contributed by atoms with Crippen molar-refractivity contribution in [1.82, 2.24) is 0 Å². The standard InChI is InChI=1S/C16H17NO4/c1-19-12-5-3-11(4-6-12)10-21-16(18)14-9-13(20-2)7-8-15(14)17/h3-9H,10,17H2,1-2H3. The first-order valence-corrected chi connectivity index (χ1v) is 6.37. The zero-order chi connectivity index (χ0) is 15.2. The van der Waals surface area contributed by atoms with E-state index >= 15 is 0 Å².